The minimum Gasteiger partial charge on any atom is -0.462 e. The van der Waals surface area contributed by atoms with Gasteiger partial charge in [-0.1, -0.05) is 42.5 Å². The van der Waals surface area contributed by atoms with Gasteiger partial charge in [0.25, 0.3) is 0 Å². The van der Waals surface area contributed by atoms with Gasteiger partial charge in [-0.25, -0.2) is 17.9 Å². The van der Waals surface area contributed by atoms with E-state index in [0.717, 1.165) is 11.1 Å². The number of carbonyl (C=O) groups excluding carboxylic acids is 2. The molecular weight excluding hydrogens is 440 g/mol. The van der Waals surface area contributed by atoms with E-state index in [1.165, 1.54) is 12.1 Å². The fourth-order valence-electron chi connectivity index (χ4n) is 3.08. The van der Waals surface area contributed by atoms with E-state index in [9.17, 15) is 18.0 Å². The predicted octanol–water partition coefficient (Wildman–Crippen LogP) is 3.91. The normalized spacial score (nSPS) is 11.1. The summed E-state index contributed by atoms with van der Waals surface area (Å²) in [4.78, 5) is 24.1. The average molecular weight is 467 g/mol. The van der Waals surface area contributed by atoms with Crippen molar-refractivity contribution in [3.63, 3.8) is 0 Å². The second-order valence-electron chi connectivity index (χ2n) is 7.30. The van der Waals surface area contributed by atoms with Gasteiger partial charge >= 0.3 is 5.97 Å². The molecule has 8 heteroatoms. The minimum atomic E-state index is -3.62. The van der Waals surface area contributed by atoms with Gasteiger partial charge in [0, 0.05) is 18.7 Å². The van der Waals surface area contributed by atoms with Crippen LogP contribution in [0.15, 0.2) is 83.8 Å². The summed E-state index contributed by atoms with van der Waals surface area (Å²) >= 11 is 0. The molecule has 33 heavy (non-hydrogen) atoms. The van der Waals surface area contributed by atoms with E-state index >= 15 is 0 Å². The third-order valence-electron chi connectivity index (χ3n) is 4.86. The summed E-state index contributed by atoms with van der Waals surface area (Å²) in [5.74, 6) is -0.587. The number of sulfonamides is 1. The Labute approximate surface area is 193 Å². The number of aryl methyl sites for hydroxylation is 1. The molecule has 0 spiro atoms. The number of hydrogen-bond acceptors (Lipinski definition) is 5. The van der Waals surface area contributed by atoms with Crippen molar-refractivity contribution in [3.8, 4) is 0 Å². The highest BCUT2D eigenvalue weighted by molar-refractivity contribution is 7.89. The van der Waals surface area contributed by atoms with Crippen molar-refractivity contribution in [2.45, 2.75) is 31.2 Å². The number of nitrogens with one attached hydrogen (secondary N) is 2. The molecule has 0 fully saturated rings. The maximum absolute atomic E-state index is 12.5. The molecule has 0 aliphatic heterocycles. The SMILES string of the molecule is CCOC(=O)c1ccc(NC(=O)CCc2ccc(S(=O)(=O)NCc3ccccc3)cc2)cc1. The summed E-state index contributed by atoms with van der Waals surface area (Å²) in [7, 11) is -3.62. The Hall–Kier alpha value is -3.49. The first-order valence-electron chi connectivity index (χ1n) is 10.6. The van der Waals surface area contributed by atoms with Crippen LogP contribution in [0, 0.1) is 0 Å². The Morgan fingerprint density at radius 1 is 0.848 bits per heavy atom. The summed E-state index contributed by atoms with van der Waals surface area (Å²) in [6, 6.07) is 22.3. The Morgan fingerprint density at radius 3 is 2.15 bits per heavy atom. The highest BCUT2D eigenvalue weighted by Crippen LogP contribution is 2.14. The standard InChI is InChI=1S/C25H26N2O5S/c1-2-32-25(29)21-11-13-22(14-12-21)27-24(28)17-10-19-8-15-23(16-9-19)33(30,31)26-18-20-6-4-3-5-7-20/h3-9,11-16,26H,2,10,17-18H2,1H3,(H,27,28). The molecule has 1 amide bonds. The fourth-order valence-corrected chi connectivity index (χ4v) is 4.10. The monoisotopic (exact) mass is 466 g/mol. The second-order valence-corrected chi connectivity index (χ2v) is 9.07. The zero-order chi connectivity index (χ0) is 23.7. The quantitative estimate of drug-likeness (QED) is 0.441. The van der Waals surface area contributed by atoms with E-state index < -0.39 is 16.0 Å². The molecule has 0 saturated carbocycles. The molecule has 0 aromatic heterocycles. The maximum Gasteiger partial charge on any atom is 0.338 e. The molecule has 0 bridgehead atoms. The number of esters is 1. The van der Waals surface area contributed by atoms with Crippen molar-refractivity contribution in [2.24, 2.45) is 0 Å². The van der Waals surface area contributed by atoms with Crippen LogP contribution in [0.2, 0.25) is 0 Å². The molecule has 7 nitrogen and oxygen atoms in total. The summed E-state index contributed by atoms with van der Waals surface area (Å²) in [5, 5.41) is 2.78. The van der Waals surface area contributed by atoms with Gasteiger partial charge in [0.2, 0.25) is 15.9 Å². The number of benzene rings is 3. The lowest BCUT2D eigenvalue weighted by Crippen LogP contribution is -2.23. The fraction of sp³-hybridized carbons (Fsp3) is 0.200. The molecule has 0 radical (unpaired) electrons. The van der Waals surface area contributed by atoms with Gasteiger partial charge in [-0.05, 0) is 60.9 Å². The number of rotatable bonds is 10. The van der Waals surface area contributed by atoms with E-state index in [1.807, 2.05) is 30.3 Å². The highest BCUT2D eigenvalue weighted by atomic mass is 32.2. The van der Waals surface area contributed by atoms with Crippen LogP contribution in [0.3, 0.4) is 0 Å². The molecule has 3 aromatic carbocycles. The van der Waals surface area contributed by atoms with Gasteiger partial charge < -0.3 is 10.1 Å². The summed E-state index contributed by atoms with van der Waals surface area (Å²) < 4.78 is 32.5. The van der Waals surface area contributed by atoms with Gasteiger partial charge in [-0.3, -0.25) is 4.79 Å². The average Bonchev–Trinajstić information content (AvgIpc) is 2.83. The van der Waals surface area contributed by atoms with Gasteiger partial charge in [-0.2, -0.15) is 0 Å². The van der Waals surface area contributed by atoms with Crippen molar-refractivity contribution in [2.75, 3.05) is 11.9 Å². The first-order valence-corrected chi connectivity index (χ1v) is 12.1. The van der Waals surface area contributed by atoms with Gasteiger partial charge in [0.15, 0.2) is 0 Å². The van der Waals surface area contributed by atoms with Crippen molar-refractivity contribution >= 4 is 27.6 Å². The third kappa shape index (κ3) is 7.27. The zero-order valence-electron chi connectivity index (χ0n) is 18.3. The van der Waals surface area contributed by atoms with E-state index in [4.69, 9.17) is 4.74 Å². The minimum absolute atomic E-state index is 0.174. The lowest BCUT2D eigenvalue weighted by Gasteiger charge is -2.09. The summed E-state index contributed by atoms with van der Waals surface area (Å²) in [6.07, 6.45) is 0.697. The van der Waals surface area contributed by atoms with Gasteiger partial charge in [-0.15, -0.1) is 0 Å². The number of anilines is 1. The number of ether oxygens (including phenoxy) is 1. The lowest BCUT2D eigenvalue weighted by molar-refractivity contribution is -0.116. The van der Waals surface area contributed by atoms with Gasteiger partial charge in [0.05, 0.1) is 17.1 Å². The molecule has 0 atom stereocenters. The molecule has 172 valence electrons. The topological polar surface area (TPSA) is 102 Å². The zero-order valence-corrected chi connectivity index (χ0v) is 19.1. The molecule has 3 aromatic rings. The maximum atomic E-state index is 12.5. The van der Waals surface area contributed by atoms with Crippen LogP contribution in [0.5, 0.6) is 0 Å². The van der Waals surface area contributed by atoms with Crippen molar-refractivity contribution in [3.05, 3.63) is 95.6 Å². The van der Waals surface area contributed by atoms with Gasteiger partial charge in [0.1, 0.15) is 0 Å². The van der Waals surface area contributed by atoms with E-state index in [0.29, 0.717) is 24.3 Å². The van der Waals surface area contributed by atoms with Crippen molar-refractivity contribution in [1.82, 2.24) is 4.72 Å². The van der Waals surface area contributed by atoms with Crippen LogP contribution >= 0.6 is 0 Å². The molecule has 0 aliphatic rings. The van der Waals surface area contributed by atoms with Crippen molar-refractivity contribution in [1.29, 1.82) is 0 Å². The number of hydrogen-bond donors (Lipinski definition) is 2. The van der Waals surface area contributed by atoms with Crippen LogP contribution in [0.25, 0.3) is 0 Å². The van der Waals surface area contributed by atoms with Crippen molar-refractivity contribution < 1.29 is 22.7 Å². The number of amides is 1. The van der Waals surface area contributed by atoms with Crippen LogP contribution < -0.4 is 10.0 Å². The molecule has 0 heterocycles. The second kappa shape index (κ2) is 11.4. The predicted molar refractivity (Wildman–Crippen MR) is 126 cm³/mol. The largest absolute Gasteiger partial charge is 0.462 e. The Morgan fingerprint density at radius 2 is 1.52 bits per heavy atom. The Bertz CT molecular complexity index is 1180. The number of carbonyl (C=O) groups is 2. The van der Waals surface area contributed by atoms with E-state index in [2.05, 4.69) is 10.0 Å². The molecule has 0 aliphatic carbocycles. The van der Waals surface area contributed by atoms with Crippen LogP contribution in [-0.2, 0) is 32.5 Å². The molecular formula is C25H26N2O5S. The first-order chi connectivity index (χ1) is 15.9. The lowest BCUT2D eigenvalue weighted by atomic mass is 10.1. The third-order valence-corrected chi connectivity index (χ3v) is 6.28. The molecule has 2 N–H and O–H groups in total. The molecule has 0 saturated heterocycles. The molecule has 3 rings (SSSR count). The Balaban J connectivity index is 1.49. The first kappa shape index (κ1) is 24.2. The van der Waals surface area contributed by atoms with Crippen LogP contribution in [-0.4, -0.2) is 26.9 Å². The van der Waals surface area contributed by atoms with Crippen LogP contribution in [0.4, 0.5) is 5.69 Å². The molecule has 0 unspecified atom stereocenters. The van der Waals surface area contributed by atoms with E-state index in [-0.39, 0.29) is 23.8 Å². The highest BCUT2D eigenvalue weighted by Gasteiger charge is 2.14. The smallest absolute Gasteiger partial charge is 0.338 e. The Kier molecular flexibility index (Phi) is 8.34. The summed E-state index contributed by atoms with van der Waals surface area (Å²) in [6.45, 7) is 2.25. The summed E-state index contributed by atoms with van der Waals surface area (Å²) in [5.41, 5.74) is 2.73. The van der Waals surface area contributed by atoms with Crippen LogP contribution in [0.1, 0.15) is 34.8 Å². The van der Waals surface area contributed by atoms with E-state index in [1.54, 1.807) is 43.3 Å².